The van der Waals surface area contributed by atoms with Crippen molar-refractivity contribution in [1.29, 1.82) is 0 Å². The number of anilines is 1. The summed E-state index contributed by atoms with van der Waals surface area (Å²) >= 11 is 0. The number of H-pyrrole nitrogens is 1. The van der Waals surface area contributed by atoms with Crippen LogP contribution in [0.1, 0.15) is 63.2 Å². The van der Waals surface area contributed by atoms with Crippen LogP contribution >= 0.6 is 0 Å². The molecule has 5 N–H and O–H groups in total. The van der Waals surface area contributed by atoms with Gasteiger partial charge in [-0.25, -0.2) is 4.79 Å². The van der Waals surface area contributed by atoms with Gasteiger partial charge < -0.3 is 30.6 Å². The fourth-order valence-corrected chi connectivity index (χ4v) is 7.12. The Labute approximate surface area is 214 Å². The molecule has 0 radical (unpaired) electrons. The largest absolute Gasteiger partial charge is 0.508 e. The Kier molecular flexibility index (Phi) is 5.27. The molecule has 2 saturated carbocycles. The van der Waals surface area contributed by atoms with Gasteiger partial charge >= 0.3 is 5.69 Å². The average molecular weight is 507 g/mol. The second-order valence-corrected chi connectivity index (χ2v) is 11.7. The van der Waals surface area contributed by atoms with Gasteiger partial charge in [-0.15, -0.1) is 0 Å². The number of nitrogens with one attached hydrogen (secondary N) is 3. The van der Waals surface area contributed by atoms with Crippen molar-refractivity contribution in [1.82, 2.24) is 14.9 Å². The normalized spacial score (nSPS) is 25.7. The number of rotatable bonds is 6. The first-order valence-corrected chi connectivity index (χ1v) is 13.0. The van der Waals surface area contributed by atoms with Gasteiger partial charge in [0.05, 0.1) is 28.4 Å². The highest BCUT2D eigenvalue weighted by molar-refractivity contribution is 5.96. The van der Waals surface area contributed by atoms with Gasteiger partial charge in [-0.05, 0) is 82.1 Å². The van der Waals surface area contributed by atoms with Crippen LogP contribution in [0, 0.1) is 12.3 Å². The van der Waals surface area contributed by atoms with Crippen molar-refractivity contribution in [3.05, 3.63) is 51.9 Å². The Hall–Kier alpha value is -3.30. The van der Waals surface area contributed by atoms with E-state index in [2.05, 4.69) is 35.5 Å². The average Bonchev–Trinajstić information content (AvgIpc) is 3.52. The van der Waals surface area contributed by atoms with E-state index in [1.165, 1.54) is 12.1 Å². The first-order valence-electron chi connectivity index (χ1n) is 13.0. The number of amides is 1. The zero-order valence-corrected chi connectivity index (χ0v) is 21.5. The van der Waals surface area contributed by atoms with E-state index in [-0.39, 0.29) is 47.0 Å². The predicted octanol–water partition coefficient (Wildman–Crippen LogP) is 3.44. The monoisotopic (exact) mass is 506 g/mol. The van der Waals surface area contributed by atoms with Crippen LogP contribution in [0.3, 0.4) is 0 Å². The van der Waals surface area contributed by atoms with E-state index < -0.39 is 6.10 Å². The number of fused-ring (bicyclic) bond motifs is 4. The minimum atomic E-state index is -0.946. The first-order chi connectivity index (χ1) is 17.5. The standard InChI is InChI=1S/C28H34N4O5/c1-16-4-5-19-21(10-16)32(25(36)31-19)28-8-6-27(15-28,7-9-28)26(2,3)29-13-22(34)18-11-17(33)12-20-24(18)37-14-23(35)30-20/h4-5,10-12,22,29,33-34H,6-9,13-15H2,1-3H3,(H,30,35)(H,31,36). The molecule has 9 heteroatoms. The number of hydrogen-bond acceptors (Lipinski definition) is 6. The quantitative estimate of drug-likeness (QED) is 0.348. The zero-order valence-electron chi connectivity index (χ0n) is 21.5. The van der Waals surface area contributed by atoms with E-state index in [4.69, 9.17) is 4.74 Å². The number of carbonyl (C=O) groups is 1. The highest BCUT2D eigenvalue weighted by atomic mass is 16.5. The molecule has 1 atom stereocenters. The lowest BCUT2D eigenvalue weighted by atomic mass is 9.69. The van der Waals surface area contributed by atoms with Gasteiger partial charge in [0, 0.05) is 23.7 Å². The molecule has 3 aliphatic rings. The van der Waals surface area contributed by atoms with Crippen molar-refractivity contribution in [3.63, 3.8) is 0 Å². The SMILES string of the molecule is Cc1ccc2[nH]c(=O)n(C34CCC(C(C)(C)NCC(O)c5cc(O)cc6c5OCC(=O)N6)(CC3)C4)c2c1. The molecule has 9 nitrogen and oxygen atoms in total. The number of ether oxygens (including phenoxy) is 1. The summed E-state index contributed by atoms with van der Waals surface area (Å²) in [5, 5.41) is 27.6. The molecular formula is C28H34N4O5. The van der Waals surface area contributed by atoms with Crippen LogP contribution in [-0.4, -0.2) is 44.4 Å². The second-order valence-electron chi connectivity index (χ2n) is 11.7. The lowest BCUT2D eigenvalue weighted by Crippen LogP contribution is -2.53. The number of imidazole rings is 1. The summed E-state index contributed by atoms with van der Waals surface area (Å²) in [5.41, 5.74) is 3.19. The molecular weight excluding hydrogens is 472 g/mol. The third kappa shape index (κ3) is 3.67. The Morgan fingerprint density at radius 1 is 1.16 bits per heavy atom. The maximum atomic E-state index is 13.1. The third-order valence-electron chi connectivity index (χ3n) is 9.26. The summed E-state index contributed by atoms with van der Waals surface area (Å²) in [5.74, 6) is 0.0389. The van der Waals surface area contributed by atoms with Crippen LogP contribution in [-0.2, 0) is 10.3 Å². The molecule has 1 amide bonds. The molecule has 3 aromatic rings. The molecule has 196 valence electrons. The molecule has 1 aromatic heterocycles. The highest BCUT2D eigenvalue weighted by Gasteiger charge is 2.61. The van der Waals surface area contributed by atoms with Crippen molar-refractivity contribution in [2.45, 2.75) is 70.1 Å². The number of phenolic OH excluding ortho intramolecular Hbond substituents is 1. The van der Waals surface area contributed by atoms with Gasteiger partial charge in [0.15, 0.2) is 6.61 Å². The van der Waals surface area contributed by atoms with E-state index in [0.717, 1.165) is 48.7 Å². The molecule has 6 rings (SSSR count). The number of aromatic nitrogens is 2. The molecule has 2 aromatic carbocycles. The van der Waals surface area contributed by atoms with Crippen LogP contribution < -0.4 is 21.1 Å². The summed E-state index contributed by atoms with van der Waals surface area (Å²) < 4.78 is 7.60. The van der Waals surface area contributed by atoms with Gasteiger partial charge in [-0.1, -0.05) is 6.07 Å². The molecule has 1 aliphatic heterocycles. The minimum Gasteiger partial charge on any atom is -0.508 e. The Balaban J connectivity index is 1.24. The van der Waals surface area contributed by atoms with Crippen molar-refractivity contribution in [2.75, 3.05) is 18.5 Å². The minimum absolute atomic E-state index is 0.0255. The Bertz CT molecular complexity index is 1460. The summed E-state index contributed by atoms with van der Waals surface area (Å²) in [6, 6.07) is 9.01. The smallest absolute Gasteiger partial charge is 0.326 e. The maximum Gasteiger partial charge on any atom is 0.326 e. The lowest BCUT2D eigenvalue weighted by molar-refractivity contribution is -0.118. The van der Waals surface area contributed by atoms with Crippen molar-refractivity contribution in [3.8, 4) is 11.5 Å². The van der Waals surface area contributed by atoms with Crippen LogP contribution in [0.25, 0.3) is 11.0 Å². The molecule has 0 saturated heterocycles. The first kappa shape index (κ1) is 24.1. The molecule has 1 unspecified atom stereocenters. The number of carbonyl (C=O) groups excluding carboxylic acids is 1. The Morgan fingerprint density at radius 2 is 1.92 bits per heavy atom. The van der Waals surface area contributed by atoms with Gasteiger partial charge in [-0.2, -0.15) is 0 Å². The van der Waals surface area contributed by atoms with E-state index in [1.54, 1.807) is 0 Å². The molecule has 2 bridgehead atoms. The summed E-state index contributed by atoms with van der Waals surface area (Å²) in [4.78, 5) is 27.9. The van der Waals surface area contributed by atoms with Gasteiger partial charge in [0.2, 0.25) is 0 Å². The number of β-amino-alcohol motifs (C(OH)–C–C–N with tert-alkyl or cyclic N) is 1. The molecule has 2 heterocycles. The number of nitrogens with zero attached hydrogens (tertiary/aromatic N) is 1. The number of aryl methyl sites for hydroxylation is 1. The number of benzene rings is 2. The Morgan fingerprint density at radius 3 is 2.68 bits per heavy atom. The molecule has 37 heavy (non-hydrogen) atoms. The van der Waals surface area contributed by atoms with E-state index >= 15 is 0 Å². The number of aromatic hydroxyl groups is 1. The van der Waals surface area contributed by atoms with E-state index in [1.807, 2.05) is 23.6 Å². The van der Waals surface area contributed by atoms with Crippen molar-refractivity contribution in [2.24, 2.45) is 5.41 Å². The highest BCUT2D eigenvalue weighted by Crippen LogP contribution is 2.64. The van der Waals surface area contributed by atoms with Crippen LogP contribution in [0.4, 0.5) is 5.69 Å². The van der Waals surface area contributed by atoms with Crippen LogP contribution in [0.2, 0.25) is 0 Å². The second kappa shape index (κ2) is 8.10. The van der Waals surface area contributed by atoms with Crippen LogP contribution in [0.15, 0.2) is 35.1 Å². The van der Waals surface area contributed by atoms with Gasteiger partial charge in [-0.3, -0.25) is 9.36 Å². The van der Waals surface area contributed by atoms with Gasteiger partial charge in [0.25, 0.3) is 5.91 Å². The van der Waals surface area contributed by atoms with Crippen molar-refractivity contribution >= 4 is 22.6 Å². The molecule has 2 aliphatic carbocycles. The molecule has 0 spiro atoms. The van der Waals surface area contributed by atoms with Crippen LogP contribution in [0.5, 0.6) is 11.5 Å². The third-order valence-corrected chi connectivity index (χ3v) is 9.26. The fourth-order valence-electron chi connectivity index (χ4n) is 7.12. The fraction of sp³-hybridized carbons (Fsp3) is 0.500. The van der Waals surface area contributed by atoms with E-state index in [0.29, 0.717) is 17.0 Å². The summed E-state index contributed by atoms with van der Waals surface area (Å²) in [7, 11) is 0. The number of aromatic amines is 1. The van der Waals surface area contributed by atoms with Crippen molar-refractivity contribution < 1.29 is 19.7 Å². The number of aliphatic hydroxyl groups is 1. The number of hydrogen-bond donors (Lipinski definition) is 5. The number of aliphatic hydroxyl groups excluding tert-OH is 1. The van der Waals surface area contributed by atoms with E-state index in [9.17, 15) is 19.8 Å². The number of phenols is 1. The summed E-state index contributed by atoms with van der Waals surface area (Å²) in [6.45, 7) is 6.53. The van der Waals surface area contributed by atoms with Gasteiger partial charge in [0.1, 0.15) is 11.5 Å². The maximum absolute atomic E-state index is 13.1. The summed E-state index contributed by atoms with van der Waals surface area (Å²) in [6.07, 6.45) is 3.81. The topological polar surface area (TPSA) is 129 Å². The molecule has 2 fully saturated rings. The lowest BCUT2D eigenvalue weighted by Gasteiger charge is -2.44. The zero-order chi connectivity index (χ0) is 26.2. The predicted molar refractivity (Wildman–Crippen MR) is 140 cm³/mol.